The second-order valence-electron chi connectivity index (χ2n) is 6.15. The zero-order valence-electron chi connectivity index (χ0n) is 14.0. The molecule has 0 N–H and O–H groups in total. The summed E-state index contributed by atoms with van der Waals surface area (Å²) in [7, 11) is -3.58. The maximum atomic E-state index is 13.2. The molecule has 7 heteroatoms. The van der Waals surface area contributed by atoms with Gasteiger partial charge in [-0.3, -0.25) is 4.31 Å². The zero-order valence-corrected chi connectivity index (χ0v) is 15.7. The van der Waals surface area contributed by atoms with Crippen LogP contribution in [0.4, 0.5) is 5.69 Å². The van der Waals surface area contributed by atoms with Gasteiger partial charge in [-0.1, -0.05) is 23.4 Å². The number of thiophene rings is 1. The summed E-state index contributed by atoms with van der Waals surface area (Å²) in [4.78, 5) is 0.780. The number of rotatable bonds is 3. The molecule has 2 aromatic heterocycles. The number of sulfonamides is 1. The molecule has 130 valence electrons. The van der Waals surface area contributed by atoms with Gasteiger partial charge < -0.3 is 4.52 Å². The molecule has 25 heavy (non-hydrogen) atoms. The van der Waals surface area contributed by atoms with Crippen LogP contribution in [0.15, 0.2) is 45.1 Å². The Morgan fingerprint density at radius 3 is 2.72 bits per heavy atom. The SMILES string of the molecule is Cc1noc(-c2ccc(S(=O)(=O)N3CCCc4ccccc43)s2)c1C. The number of nitrogens with zero attached hydrogens (tertiary/aromatic N) is 2. The Bertz CT molecular complexity index is 1030. The summed E-state index contributed by atoms with van der Waals surface area (Å²) in [6, 6.07) is 11.2. The minimum atomic E-state index is -3.58. The van der Waals surface area contributed by atoms with E-state index in [-0.39, 0.29) is 0 Å². The highest BCUT2D eigenvalue weighted by Gasteiger charge is 2.30. The van der Waals surface area contributed by atoms with Gasteiger partial charge in [-0.2, -0.15) is 0 Å². The summed E-state index contributed by atoms with van der Waals surface area (Å²) in [5.41, 5.74) is 3.62. The molecular formula is C18H18N2O3S2. The molecule has 0 bridgehead atoms. The number of hydrogen-bond acceptors (Lipinski definition) is 5. The number of fused-ring (bicyclic) bond motifs is 1. The molecule has 5 nitrogen and oxygen atoms in total. The van der Waals surface area contributed by atoms with E-state index in [4.69, 9.17) is 4.52 Å². The summed E-state index contributed by atoms with van der Waals surface area (Å²) < 4.78 is 33.6. The average Bonchev–Trinajstić information content (AvgIpc) is 3.22. The molecule has 1 aliphatic heterocycles. The minimum absolute atomic E-state index is 0.327. The minimum Gasteiger partial charge on any atom is -0.355 e. The van der Waals surface area contributed by atoms with Crippen LogP contribution in [0.5, 0.6) is 0 Å². The lowest BCUT2D eigenvalue weighted by atomic mass is 10.0. The zero-order chi connectivity index (χ0) is 17.6. The summed E-state index contributed by atoms with van der Waals surface area (Å²) in [6.07, 6.45) is 1.74. The van der Waals surface area contributed by atoms with Crippen LogP contribution >= 0.6 is 11.3 Å². The van der Waals surface area contributed by atoms with Crippen molar-refractivity contribution in [1.82, 2.24) is 5.16 Å². The predicted octanol–water partition coefficient (Wildman–Crippen LogP) is 4.16. The van der Waals surface area contributed by atoms with Gasteiger partial charge in [-0.15, -0.1) is 11.3 Å². The lowest BCUT2D eigenvalue weighted by molar-refractivity contribution is 0.427. The van der Waals surface area contributed by atoms with Gasteiger partial charge in [0.1, 0.15) is 4.21 Å². The first-order chi connectivity index (χ1) is 12.0. The smallest absolute Gasteiger partial charge is 0.273 e. The van der Waals surface area contributed by atoms with Crippen LogP contribution in [0.2, 0.25) is 0 Å². The highest BCUT2D eigenvalue weighted by Crippen LogP contribution is 2.37. The third-order valence-corrected chi connectivity index (χ3v) is 7.94. The van der Waals surface area contributed by atoms with E-state index in [0.717, 1.165) is 40.2 Å². The number of aryl methyl sites for hydroxylation is 2. The van der Waals surface area contributed by atoms with E-state index in [1.807, 2.05) is 38.1 Å². The van der Waals surface area contributed by atoms with Crippen molar-refractivity contribution in [1.29, 1.82) is 0 Å². The molecule has 0 saturated heterocycles. The molecule has 0 saturated carbocycles. The van der Waals surface area contributed by atoms with Crippen molar-refractivity contribution in [3.05, 3.63) is 53.2 Å². The third kappa shape index (κ3) is 2.67. The van der Waals surface area contributed by atoms with E-state index >= 15 is 0 Å². The van der Waals surface area contributed by atoms with Gasteiger partial charge in [0, 0.05) is 12.1 Å². The fraction of sp³-hybridized carbons (Fsp3) is 0.278. The maximum absolute atomic E-state index is 13.2. The third-order valence-electron chi connectivity index (χ3n) is 4.57. The van der Waals surface area contributed by atoms with Crippen molar-refractivity contribution < 1.29 is 12.9 Å². The quantitative estimate of drug-likeness (QED) is 0.690. The van der Waals surface area contributed by atoms with Crippen LogP contribution < -0.4 is 4.31 Å². The monoisotopic (exact) mass is 374 g/mol. The summed E-state index contributed by atoms with van der Waals surface area (Å²) in [6.45, 7) is 4.31. The first-order valence-corrected chi connectivity index (χ1v) is 10.4. The Morgan fingerprint density at radius 1 is 1.16 bits per heavy atom. The van der Waals surface area contributed by atoms with Crippen molar-refractivity contribution in [3.8, 4) is 10.6 Å². The van der Waals surface area contributed by atoms with E-state index in [0.29, 0.717) is 16.5 Å². The average molecular weight is 374 g/mol. The second-order valence-corrected chi connectivity index (χ2v) is 9.32. The van der Waals surface area contributed by atoms with Crippen molar-refractivity contribution in [2.24, 2.45) is 0 Å². The van der Waals surface area contributed by atoms with Crippen molar-refractivity contribution in [3.63, 3.8) is 0 Å². The standard InChI is InChI=1S/C18H18N2O3S2/c1-12-13(2)19-23-18(12)16-9-10-17(24-16)25(21,22)20-11-5-7-14-6-3-4-8-15(14)20/h3-4,6,8-10H,5,7,11H2,1-2H3. The fourth-order valence-electron chi connectivity index (χ4n) is 3.08. The van der Waals surface area contributed by atoms with Crippen LogP contribution in [-0.2, 0) is 16.4 Å². The summed E-state index contributed by atoms with van der Waals surface area (Å²) in [5.74, 6) is 0.642. The molecular weight excluding hydrogens is 356 g/mol. The molecule has 4 rings (SSSR count). The Labute approximate surface area is 150 Å². The lowest BCUT2D eigenvalue weighted by Crippen LogP contribution is -2.35. The number of anilines is 1. The Morgan fingerprint density at radius 2 is 1.96 bits per heavy atom. The molecule has 3 heterocycles. The lowest BCUT2D eigenvalue weighted by Gasteiger charge is -2.29. The first kappa shape index (κ1) is 16.4. The van der Waals surface area contributed by atoms with Crippen molar-refractivity contribution >= 4 is 27.0 Å². The fourth-order valence-corrected chi connectivity index (χ4v) is 6.08. The second kappa shape index (κ2) is 6.00. The van der Waals surface area contributed by atoms with E-state index < -0.39 is 10.0 Å². The van der Waals surface area contributed by atoms with Crippen LogP contribution in [0.25, 0.3) is 10.6 Å². The van der Waals surface area contributed by atoms with E-state index in [1.54, 1.807) is 12.1 Å². The predicted molar refractivity (Wildman–Crippen MR) is 98.6 cm³/mol. The van der Waals surface area contributed by atoms with Crippen LogP contribution in [0.3, 0.4) is 0 Å². The molecule has 0 unspecified atom stereocenters. The van der Waals surface area contributed by atoms with E-state index in [2.05, 4.69) is 5.16 Å². The van der Waals surface area contributed by atoms with Crippen LogP contribution in [-0.4, -0.2) is 20.1 Å². The largest absolute Gasteiger partial charge is 0.355 e. The van der Waals surface area contributed by atoms with Gasteiger partial charge >= 0.3 is 0 Å². The normalized spacial score (nSPS) is 14.6. The number of aromatic nitrogens is 1. The van der Waals surface area contributed by atoms with Crippen LogP contribution in [0, 0.1) is 13.8 Å². The van der Waals surface area contributed by atoms with Gasteiger partial charge in [0.05, 0.1) is 16.3 Å². The summed E-state index contributed by atoms with van der Waals surface area (Å²) in [5, 5.41) is 3.96. The number of para-hydroxylation sites is 1. The first-order valence-electron chi connectivity index (χ1n) is 8.12. The number of hydrogen-bond donors (Lipinski definition) is 0. The molecule has 1 aliphatic rings. The van der Waals surface area contributed by atoms with Gasteiger partial charge in [0.15, 0.2) is 5.76 Å². The van der Waals surface area contributed by atoms with Gasteiger partial charge in [0.2, 0.25) is 0 Å². The molecule has 0 radical (unpaired) electrons. The van der Waals surface area contributed by atoms with E-state index in [1.165, 1.54) is 15.6 Å². The maximum Gasteiger partial charge on any atom is 0.273 e. The highest BCUT2D eigenvalue weighted by molar-refractivity contribution is 7.94. The summed E-state index contributed by atoms with van der Waals surface area (Å²) >= 11 is 1.23. The molecule has 0 amide bonds. The molecule has 1 aromatic carbocycles. The van der Waals surface area contributed by atoms with Crippen molar-refractivity contribution in [2.75, 3.05) is 10.8 Å². The molecule has 3 aromatic rings. The van der Waals surface area contributed by atoms with Gasteiger partial charge in [0.25, 0.3) is 10.0 Å². The van der Waals surface area contributed by atoms with E-state index in [9.17, 15) is 8.42 Å². The van der Waals surface area contributed by atoms with Crippen LogP contribution in [0.1, 0.15) is 23.2 Å². The Hall–Kier alpha value is -2.12. The molecule has 0 atom stereocenters. The number of benzene rings is 1. The Kier molecular flexibility index (Phi) is 3.92. The molecule has 0 fully saturated rings. The molecule has 0 spiro atoms. The van der Waals surface area contributed by atoms with Gasteiger partial charge in [-0.05, 0) is 50.5 Å². The highest BCUT2D eigenvalue weighted by atomic mass is 32.2. The van der Waals surface area contributed by atoms with Crippen molar-refractivity contribution in [2.45, 2.75) is 30.9 Å². The van der Waals surface area contributed by atoms with Gasteiger partial charge in [-0.25, -0.2) is 8.42 Å². The Balaban J connectivity index is 1.74. The topological polar surface area (TPSA) is 63.4 Å². The molecule has 0 aliphatic carbocycles.